The second kappa shape index (κ2) is 5.77. The van der Waals surface area contributed by atoms with E-state index in [-0.39, 0.29) is 12.4 Å². The highest BCUT2D eigenvalue weighted by Crippen LogP contribution is 2.31. The summed E-state index contributed by atoms with van der Waals surface area (Å²) in [6.45, 7) is 0.678. The van der Waals surface area contributed by atoms with Crippen molar-refractivity contribution >= 4 is 17.1 Å². The molecule has 0 fully saturated rings. The van der Waals surface area contributed by atoms with Crippen LogP contribution in [0.25, 0.3) is 0 Å². The molecule has 0 unspecified atom stereocenters. The molecule has 4 heteroatoms. The van der Waals surface area contributed by atoms with E-state index >= 15 is 0 Å². The van der Waals surface area contributed by atoms with Crippen molar-refractivity contribution in [2.45, 2.75) is 25.9 Å². The Morgan fingerprint density at radius 1 is 1.20 bits per heavy atom. The van der Waals surface area contributed by atoms with E-state index in [1.165, 1.54) is 11.3 Å². The van der Waals surface area contributed by atoms with Crippen LogP contribution >= 0.6 is 11.3 Å². The van der Waals surface area contributed by atoms with Gasteiger partial charge < -0.3 is 9.84 Å². The van der Waals surface area contributed by atoms with E-state index in [9.17, 15) is 4.79 Å². The molecule has 2 aromatic rings. The van der Waals surface area contributed by atoms with Crippen LogP contribution in [0.15, 0.2) is 29.0 Å². The standard InChI is InChI=1S/C16H16O3S/c17-6-2-1-3-11-4-5-13-15(7-11)19-8-12-9-20-10-14(12)16(13)18/h4-5,7,9-10,17H,1-3,6,8H2. The normalized spacial score (nSPS) is 13.3. The van der Waals surface area contributed by atoms with E-state index in [2.05, 4.69) is 0 Å². The summed E-state index contributed by atoms with van der Waals surface area (Å²) in [5, 5.41) is 12.7. The molecule has 104 valence electrons. The van der Waals surface area contributed by atoms with Crippen LogP contribution in [0.3, 0.4) is 0 Å². The highest BCUT2D eigenvalue weighted by molar-refractivity contribution is 7.08. The van der Waals surface area contributed by atoms with Gasteiger partial charge in [-0.3, -0.25) is 4.79 Å². The minimum atomic E-state index is 0.0515. The Kier molecular flexibility index (Phi) is 3.85. The maximum absolute atomic E-state index is 12.5. The Morgan fingerprint density at radius 2 is 2.10 bits per heavy atom. The summed E-state index contributed by atoms with van der Waals surface area (Å²) >= 11 is 1.54. The average Bonchev–Trinajstić information content (AvgIpc) is 2.89. The molecular weight excluding hydrogens is 272 g/mol. The van der Waals surface area contributed by atoms with Gasteiger partial charge in [0.1, 0.15) is 12.4 Å². The minimum Gasteiger partial charge on any atom is -0.488 e. The lowest BCUT2D eigenvalue weighted by Crippen LogP contribution is -2.01. The van der Waals surface area contributed by atoms with Gasteiger partial charge in [-0.15, -0.1) is 0 Å². The number of aryl methyl sites for hydroxylation is 1. The van der Waals surface area contributed by atoms with Crippen LogP contribution in [0.5, 0.6) is 5.75 Å². The molecule has 3 rings (SSSR count). The summed E-state index contributed by atoms with van der Waals surface area (Å²) < 4.78 is 5.79. The number of rotatable bonds is 4. The minimum absolute atomic E-state index is 0.0515. The summed E-state index contributed by atoms with van der Waals surface area (Å²) in [4.78, 5) is 12.5. The van der Waals surface area contributed by atoms with Gasteiger partial charge in [0.15, 0.2) is 5.78 Å². The number of fused-ring (bicyclic) bond motifs is 2. The molecule has 0 bridgehead atoms. The van der Waals surface area contributed by atoms with E-state index in [0.29, 0.717) is 17.9 Å². The van der Waals surface area contributed by atoms with Crippen molar-refractivity contribution in [3.63, 3.8) is 0 Å². The largest absolute Gasteiger partial charge is 0.488 e. The molecule has 0 atom stereocenters. The number of ether oxygens (including phenoxy) is 1. The van der Waals surface area contributed by atoms with Crippen molar-refractivity contribution < 1.29 is 14.6 Å². The van der Waals surface area contributed by atoms with E-state index < -0.39 is 0 Å². The third-order valence-corrected chi connectivity index (χ3v) is 4.33. The van der Waals surface area contributed by atoms with Crippen LogP contribution in [-0.4, -0.2) is 17.5 Å². The van der Waals surface area contributed by atoms with Crippen molar-refractivity contribution in [3.8, 4) is 5.75 Å². The molecule has 0 saturated carbocycles. The summed E-state index contributed by atoms with van der Waals surface area (Å²) in [7, 11) is 0. The molecule has 1 N–H and O–H groups in total. The lowest BCUT2D eigenvalue weighted by molar-refractivity contribution is 0.103. The number of ketones is 1. The topological polar surface area (TPSA) is 46.5 Å². The van der Waals surface area contributed by atoms with Gasteiger partial charge in [-0.25, -0.2) is 0 Å². The first-order valence-electron chi connectivity index (χ1n) is 6.76. The number of thiophene rings is 1. The zero-order valence-corrected chi connectivity index (χ0v) is 11.9. The number of aliphatic hydroxyl groups is 1. The smallest absolute Gasteiger partial charge is 0.197 e. The molecule has 1 aromatic carbocycles. The van der Waals surface area contributed by atoms with Crippen molar-refractivity contribution in [1.82, 2.24) is 0 Å². The molecule has 0 saturated heterocycles. The number of benzene rings is 1. The van der Waals surface area contributed by atoms with Gasteiger partial charge in [-0.05, 0) is 42.3 Å². The molecule has 3 nitrogen and oxygen atoms in total. The number of hydrogen-bond acceptors (Lipinski definition) is 4. The molecule has 0 amide bonds. The Balaban J connectivity index is 1.87. The Morgan fingerprint density at radius 3 is 2.95 bits per heavy atom. The first-order valence-corrected chi connectivity index (χ1v) is 7.70. The fourth-order valence-electron chi connectivity index (χ4n) is 2.41. The van der Waals surface area contributed by atoms with Crippen LogP contribution in [0.1, 0.15) is 39.9 Å². The molecule has 0 aliphatic carbocycles. The molecule has 2 heterocycles. The van der Waals surface area contributed by atoms with Crippen LogP contribution in [0, 0.1) is 0 Å². The molecule has 20 heavy (non-hydrogen) atoms. The van der Waals surface area contributed by atoms with Crippen molar-refractivity contribution in [2.75, 3.05) is 6.61 Å². The average molecular weight is 288 g/mol. The summed E-state index contributed by atoms with van der Waals surface area (Å²) in [5.74, 6) is 0.730. The number of carbonyl (C=O) groups is 1. The van der Waals surface area contributed by atoms with Crippen molar-refractivity contribution in [2.24, 2.45) is 0 Å². The van der Waals surface area contributed by atoms with Gasteiger partial charge in [0, 0.05) is 23.1 Å². The highest BCUT2D eigenvalue weighted by atomic mass is 32.1. The van der Waals surface area contributed by atoms with Crippen molar-refractivity contribution in [1.29, 1.82) is 0 Å². The van der Waals surface area contributed by atoms with Crippen LogP contribution < -0.4 is 4.74 Å². The molecule has 1 aliphatic rings. The first kappa shape index (κ1) is 13.3. The zero-order chi connectivity index (χ0) is 13.9. The fourth-order valence-corrected chi connectivity index (χ4v) is 3.23. The molecular formula is C16H16O3S. The molecule has 0 spiro atoms. The second-order valence-electron chi connectivity index (χ2n) is 4.94. The van der Waals surface area contributed by atoms with Gasteiger partial charge in [-0.2, -0.15) is 11.3 Å². The molecule has 1 aromatic heterocycles. The lowest BCUT2D eigenvalue weighted by atomic mass is 10.00. The first-order chi connectivity index (χ1) is 9.79. The fraction of sp³-hybridized carbons (Fsp3) is 0.312. The maximum Gasteiger partial charge on any atom is 0.197 e. The van der Waals surface area contributed by atoms with Gasteiger partial charge in [0.05, 0.1) is 5.56 Å². The summed E-state index contributed by atoms with van der Waals surface area (Å²) in [6, 6.07) is 5.80. The Bertz CT molecular complexity index is 630. The third-order valence-electron chi connectivity index (χ3n) is 3.53. The number of carbonyl (C=O) groups excluding carboxylic acids is 1. The predicted molar refractivity (Wildman–Crippen MR) is 78.5 cm³/mol. The summed E-state index contributed by atoms with van der Waals surface area (Å²) in [6.07, 6.45) is 2.64. The van der Waals surface area contributed by atoms with E-state index in [4.69, 9.17) is 9.84 Å². The van der Waals surface area contributed by atoms with E-state index in [1.807, 2.05) is 29.0 Å². The highest BCUT2D eigenvalue weighted by Gasteiger charge is 2.22. The van der Waals surface area contributed by atoms with E-state index in [1.54, 1.807) is 0 Å². The van der Waals surface area contributed by atoms with Crippen LogP contribution in [0.2, 0.25) is 0 Å². The van der Waals surface area contributed by atoms with Gasteiger partial charge in [-0.1, -0.05) is 6.07 Å². The summed E-state index contributed by atoms with van der Waals surface area (Å²) in [5.41, 5.74) is 3.53. The van der Waals surface area contributed by atoms with E-state index in [0.717, 1.165) is 36.0 Å². The zero-order valence-electron chi connectivity index (χ0n) is 11.1. The Hall–Kier alpha value is -1.65. The molecule has 0 radical (unpaired) electrons. The number of hydrogen-bond donors (Lipinski definition) is 1. The quantitative estimate of drug-likeness (QED) is 0.879. The monoisotopic (exact) mass is 288 g/mol. The van der Waals surface area contributed by atoms with Crippen LogP contribution in [0.4, 0.5) is 0 Å². The predicted octanol–water partition coefficient (Wildman–Crippen LogP) is 3.19. The van der Waals surface area contributed by atoms with Gasteiger partial charge in [0.2, 0.25) is 0 Å². The molecule has 1 aliphatic heterocycles. The van der Waals surface area contributed by atoms with Crippen LogP contribution in [-0.2, 0) is 13.0 Å². The van der Waals surface area contributed by atoms with Gasteiger partial charge in [0.25, 0.3) is 0 Å². The Labute approximate surface area is 121 Å². The lowest BCUT2D eigenvalue weighted by Gasteiger charge is -2.09. The SMILES string of the molecule is O=C1c2cscc2COc2cc(CCCCO)ccc21. The number of unbranched alkanes of at least 4 members (excludes halogenated alkanes) is 1. The van der Waals surface area contributed by atoms with Crippen molar-refractivity contribution in [3.05, 3.63) is 51.2 Å². The number of aliphatic hydroxyl groups excluding tert-OH is 1. The maximum atomic E-state index is 12.5. The van der Waals surface area contributed by atoms with Gasteiger partial charge >= 0.3 is 0 Å². The third kappa shape index (κ3) is 2.49. The second-order valence-corrected chi connectivity index (χ2v) is 5.68.